The minimum absolute atomic E-state index is 0.341. The number of allylic oxidation sites excluding steroid dienone is 3. The van der Waals surface area contributed by atoms with E-state index >= 15 is 0 Å². The fraction of sp³-hybridized carbons (Fsp3) is 0.750. The average molecular weight is 232 g/mol. The van der Waals surface area contributed by atoms with Gasteiger partial charge in [0, 0.05) is 17.3 Å². The molecule has 0 amide bonds. The SMILES string of the molecule is CC1(C2=CC=C[N]2)CCCCCCCCCC1. The average Bonchev–Trinajstić information content (AvgIpc) is 2.84. The maximum Gasteiger partial charge on any atom is 0.0463 e. The van der Waals surface area contributed by atoms with Crippen LogP contribution in [0.15, 0.2) is 24.0 Å². The molecule has 0 unspecified atom stereocenters. The van der Waals surface area contributed by atoms with Gasteiger partial charge in [-0.05, 0) is 25.0 Å². The lowest BCUT2D eigenvalue weighted by Gasteiger charge is -2.30. The molecule has 1 fully saturated rings. The highest BCUT2D eigenvalue weighted by Gasteiger charge is 2.29. The van der Waals surface area contributed by atoms with E-state index in [1.54, 1.807) is 0 Å². The zero-order chi connectivity index (χ0) is 12.0. The van der Waals surface area contributed by atoms with Gasteiger partial charge in [-0.15, -0.1) is 0 Å². The summed E-state index contributed by atoms with van der Waals surface area (Å²) in [5, 5.41) is 4.56. The van der Waals surface area contributed by atoms with Crippen molar-refractivity contribution in [2.45, 2.75) is 71.1 Å². The molecule has 2 rings (SSSR count). The molecule has 0 N–H and O–H groups in total. The van der Waals surface area contributed by atoms with Crippen LogP contribution in [0.25, 0.3) is 0 Å². The van der Waals surface area contributed by atoms with E-state index < -0.39 is 0 Å². The van der Waals surface area contributed by atoms with Gasteiger partial charge in [0.2, 0.25) is 0 Å². The molecule has 0 spiro atoms. The van der Waals surface area contributed by atoms with Crippen molar-refractivity contribution in [3.63, 3.8) is 0 Å². The van der Waals surface area contributed by atoms with E-state index in [-0.39, 0.29) is 0 Å². The van der Waals surface area contributed by atoms with Crippen LogP contribution < -0.4 is 5.32 Å². The van der Waals surface area contributed by atoms with E-state index in [1.807, 2.05) is 6.20 Å². The number of rotatable bonds is 1. The monoisotopic (exact) mass is 232 g/mol. The van der Waals surface area contributed by atoms with Gasteiger partial charge < -0.3 is 0 Å². The maximum atomic E-state index is 4.56. The lowest BCUT2D eigenvalue weighted by atomic mass is 9.77. The van der Waals surface area contributed by atoms with E-state index in [1.165, 1.54) is 69.9 Å². The van der Waals surface area contributed by atoms with Gasteiger partial charge in [0.05, 0.1) is 0 Å². The zero-order valence-electron chi connectivity index (χ0n) is 11.3. The van der Waals surface area contributed by atoms with E-state index in [0.29, 0.717) is 5.41 Å². The van der Waals surface area contributed by atoms with Crippen molar-refractivity contribution < 1.29 is 0 Å². The summed E-state index contributed by atoms with van der Waals surface area (Å²) in [5.41, 5.74) is 1.67. The van der Waals surface area contributed by atoms with Crippen LogP contribution in [0.4, 0.5) is 0 Å². The summed E-state index contributed by atoms with van der Waals surface area (Å²) in [7, 11) is 0. The highest BCUT2D eigenvalue weighted by molar-refractivity contribution is 5.25. The maximum absolute atomic E-state index is 4.56. The van der Waals surface area contributed by atoms with Crippen molar-refractivity contribution in [3.8, 4) is 0 Å². The second kappa shape index (κ2) is 6.28. The molecule has 0 atom stereocenters. The quantitative estimate of drug-likeness (QED) is 0.609. The van der Waals surface area contributed by atoms with Gasteiger partial charge in [-0.2, -0.15) is 0 Å². The number of nitrogens with zero attached hydrogens (tertiary/aromatic N) is 1. The Bertz CT molecular complexity index is 276. The Morgan fingerprint density at radius 3 is 1.88 bits per heavy atom. The molecule has 1 heteroatoms. The Hall–Kier alpha value is -0.720. The van der Waals surface area contributed by atoms with E-state index in [4.69, 9.17) is 0 Å². The minimum atomic E-state index is 0.341. The fourth-order valence-electron chi connectivity index (χ4n) is 3.13. The summed E-state index contributed by atoms with van der Waals surface area (Å²) < 4.78 is 0. The van der Waals surface area contributed by atoms with Gasteiger partial charge in [0.25, 0.3) is 0 Å². The molecule has 0 aromatic rings. The first-order valence-corrected chi connectivity index (χ1v) is 7.39. The molecule has 0 aromatic carbocycles. The lowest BCUT2D eigenvalue weighted by Crippen LogP contribution is -2.22. The molecule has 0 bridgehead atoms. The Morgan fingerprint density at radius 1 is 0.882 bits per heavy atom. The van der Waals surface area contributed by atoms with E-state index in [2.05, 4.69) is 24.4 Å². The normalized spacial score (nSPS) is 25.8. The predicted octanol–water partition coefficient (Wildman–Crippen LogP) is 4.92. The van der Waals surface area contributed by atoms with Crippen molar-refractivity contribution in [2.75, 3.05) is 0 Å². The Kier molecular flexibility index (Phi) is 4.70. The Labute approximate surface area is 106 Å². The zero-order valence-corrected chi connectivity index (χ0v) is 11.3. The van der Waals surface area contributed by atoms with E-state index in [9.17, 15) is 0 Å². The topological polar surface area (TPSA) is 14.1 Å². The van der Waals surface area contributed by atoms with Crippen molar-refractivity contribution >= 4 is 0 Å². The summed E-state index contributed by atoms with van der Waals surface area (Å²) in [6.45, 7) is 2.42. The van der Waals surface area contributed by atoms with Gasteiger partial charge in [0.1, 0.15) is 0 Å². The van der Waals surface area contributed by atoms with Crippen LogP contribution in [0, 0.1) is 5.41 Å². The molecule has 17 heavy (non-hydrogen) atoms. The molecule has 1 aliphatic carbocycles. The van der Waals surface area contributed by atoms with Crippen molar-refractivity contribution in [2.24, 2.45) is 5.41 Å². The smallest absolute Gasteiger partial charge is 0.0463 e. The van der Waals surface area contributed by atoms with Crippen molar-refractivity contribution in [1.82, 2.24) is 5.32 Å². The van der Waals surface area contributed by atoms with Crippen LogP contribution >= 0.6 is 0 Å². The molecule has 0 saturated heterocycles. The van der Waals surface area contributed by atoms with Gasteiger partial charge in [-0.3, -0.25) is 5.32 Å². The first kappa shape index (κ1) is 12.7. The van der Waals surface area contributed by atoms with Gasteiger partial charge >= 0.3 is 0 Å². The fourth-order valence-corrected chi connectivity index (χ4v) is 3.13. The van der Waals surface area contributed by atoms with Crippen LogP contribution in [0.5, 0.6) is 0 Å². The summed E-state index contributed by atoms with van der Waals surface area (Å²) in [6, 6.07) is 0. The highest BCUT2D eigenvalue weighted by atomic mass is 14.9. The molecular weight excluding hydrogens is 206 g/mol. The third-order valence-corrected chi connectivity index (χ3v) is 4.38. The summed E-state index contributed by atoms with van der Waals surface area (Å²) in [6.07, 6.45) is 20.3. The predicted molar refractivity (Wildman–Crippen MR) is 73.6 cm³/mol. The van der Waals surface area contributed by atoms with Crippen LogP contribution in [-0.2, 0) is 0 Å². The molecule has 1 aliphatic heterocycles. The molecule has 1 radical (unpaired) electrons. The van der Waals surface area contributed by atoms with Crippen LogP contribution in [0.3, 0.4) is 0 Å². The van der Waals surface area contributed by atoms with Gasteiger partial charge in [-0.1, -0.05) is 58.3 Å². The summed E-state index contributed by atoms with van der Waals surface area (Å²) >= 11 is 0. The molecule has 1 saturated carbocycles. The first-order chi connectivity index (χ1) is 8.31. The van der Waals surface area contributed by atoms with Crippen LogP contribution in [0.1, 0.15) is 71.1 Å². The van der Waals surface area contributed by atoms with Gasteiger partial charge in [0.15, 0.2) is 0 Å². The molecule has 2 aliphatic rings. The molecular formula is C16H26N. The van der Waals surface area contributed by atoms with Crippen LogP contribution in [0.2, 0.25) is 0 Å². The minimum Gasteiger partial charge on any atom is -0.261 e. The largest absolute Gasteiger partial charge is 0.261 e. The highest BCUT2D eigenvalue weighted by Crippen LogP contribution is 2.39. The molecule has 0 aromatic heterocycles. The third kappa shape index (κ3) is 3.62. The van der Waals surface area contributed by atoms with Crippen molar-refractivity contribution in [3.05, 3.63) is 24.0 Å². The third-order valence-electron chi connectivity index (χ3n) is 4.38. The van der Waals surface area contributed by atoms with E-state index in [0.717, 1.165) is 0 Å². The molecule has 1 nitrogen and oxygen atoms in total. The molecule has 95 valence electrons. The number of hydrogen-bond acceptors (Lipinski definition) is 0. The molecule has 1 heterocycles. The standard InChI is InChI=1S/C16H26N/c1-16(15-11-10-14-17-15)12-8-6-4-2-3-5-7-9-13-16/h10-11,14H,2-9,12-13H2,1H3. The number of hydrogen-bond donors (Lipinski definition) is 0. The van der Waals surface area contributed by atoms with Crippen LogP contribution in [-0.4, -0.2) is 0 Å². The van der Waals surface area contributed by atoms with Gasteiger partial charge in [-0.25, -0.2) is 0 Å². The second-order valence-corrected chi connectivity index (χ2v) is 5.91. The van der Waals surface area contributed by atoms with Crippen molar-refractivity contribution in [1.29, 1.82) is 0 Å². The Balaban J connectivity index is 1.95. The Morgan fingerprint density at radius 2 is 1.41 bits per heavy atom. The summed E-state index contributed by atoms with van der Waals surface area (Å²) in [5.74, 6) is 0. The summed E-state index contributed by atoms with van der Waals surface area (Å²) in [4.78, 5) is 0. The first-order valence-electron chi connectivity index (χ1n) is 7.39. The second-order valence-electron chi connectivity index (χ2n) is 5.91. The lowest BCUT2D eigenvalue weighted by molar-refractivity contribution is 0.300.